The number of methoxy groups -OCH3 is 1. The van der Waals surface area contributed by atoms with Crippen molar-refractivity contribution in [3.8, 4) is 0 Å². The van der Waals surface area contributed by atoms with Crippen LogP contribution in [-0.2, 0) is 14.3 Å². The van der Waals surface area contributed by atoms with E-state index in [1.54, 1.807) is 6.07 Å². The van der Waals surface area contributed by atoms with Gasteiger partial charge in [-0.1, -0.05) is 46.8 Å². The van der Waals surface area contributed by atoms with Crippen LogP contribution in [-0.4, -0.2) is 41.5 Å². The molecule has 0 aliphatic heterocycles. The monoisotopic (exact) mass is 372 g/mol. The van der Waals surface area contributed by atoms with Crippen molar-refractivity contribution in [1.29, 1.82) is 0 Å². The number of carbonyl (C=O) groups excluding carboxylic acids is 2. The zero-order valence-electron chi connectivity index (χ0n) is 12.0. The van der Waals surface area contributed by atoms with Gasteiger partial charge in [-0.15, -0.1) is 10.2 Å². The Morgan fingerprint density at radius 1 is 1.35 bits per heavy atom. The Bertz CT molecular complexity index is 695. The van der Waals surface area contributed by atoms with E-state index in [2.05, 4.69) is 25.6 Å². The number of nitrogens with zero attached hydrogens (tertiary/aromatic N) is 2. The van der Waals surface area contributed by atoms with E-state index in [1.165, 1.54) is 30.2 Å². The molecule has 23 heavy (non-hydrogen) atoms. The van der Waals surface area contributed by atoms with Crippen LogP contribution >= 0.6 is 34.7 Å². The van der Waals surface area contributed by atoms with Gasteiger partial charge < -0.3 is 15.4 Å². The molecule has 1 heterocycles. The number of hydrogen-bond acceptors (Lipinski definition) is 8. The summed E-state index contributed by atoms with van der Waals surface area (Å²) >= 11 is 8.59. The Labute approximate surface area is 145 Å². The second-order valence-electron chi connectivity index (χ2n) is 4.12. The van der Waals surface area contributed by atoms with Crippen molar-refractivity contribution in [2.75, 3.05) is 24.7 Å². The lowest BCUT2D eigenvalue weighted by atomic mass is 10.3. The molecule has 1 amide bonds. The number of hydrogen-bond donors (Lipinski definition) is 2. The number of halogens is 1. The van der Waals surface area contributed by atoms with Gasteiger partial charge in [-0.3, -0.25) is 9.59 Å². The zero-order chi connectivity index (χ0) is 16.7. The maximum absolute atomic E-state index is 11.6. The highest BCUT2D eigenvalue weighted by Gasteiger charge is 2.10. The molecule has 10 heteroatoms. The molecule has 0 saturated heterocycles. The first-order valence-corrected chi connectivity index (χ1v) is 8.58. The average molecular weight is 373 g/mol. The topological polar surface area (TPSA) is 93.2 Å². The molecule has 122 valence electrons. The smallest absolute Gasteiger partial charge is 0.325 e. The summed E-state index contributed by atoms with van der Waals surface area (Å²) in [6, 6.07) is 7.29. The van der Waals surface area contributed by atoms with Crippen LogP contribution in [0.15, 0.2) is 28.6 Å². The number of benzene rings is 1. The highest BCUT2D eigenvalue weighted by atomic mass is 35.5. The number of nitrogens with one attached hydrogen (secondary N) is 2. The predicted molar refractivity (Wildman–Crippen MR) is 90.4 cm³/mol. The molecule has 0 unspecified atom stereocenters. The van der Waals surface area contributed by atoms with Gasteiger partial charge in [0.25, 0.3) is 0 Å². The van der Waals surface area contributed by atoms with E-state index in [1.807, 2.05) is 18.2 Å². The summed E-state index contributed by atoms with van der Waals surface area (Å²) in [5, 5.41) is 14.6. The van der Waals surface area contributed by atoms with Crippen molar-refractivity contribution in [1.82, 2.24) is 15.5 Å². The SMILES string of the molecule is COC(=O)CNC(=O)CSc1nnc(Nc2ccccc2Cl)s1. The molecule has 0 aliphatic carbocycles. The maximum atomic E-state index is 11.6. The molecule has 0 saturated carbocycles. The van der Waals surface area contributed by atoms with E-state index in [-0.39, 0.29) is 18.2 Å². The normalized spacial score (nSPS) is 10.2. The van der Waals surface area contributed by atoms with Crippen LogP contribution in [0.3, 0.4) is 0 Å². The number of ether oxygens (including phenoxy) is 1. The number of aromatic nitrogens is 2. The fourth-order valence-electron chi connectivity index (χ4n) is 1.42. The van der Waals surface area contributed by atoms with E-state index in [0.29, 0.717) is 14.5 Å². The first-order valence-electron chi connectivity index (χ1n) is 6.40. The van der Waals surface area contributed by atoms with Gasteiger partial charge in [0, 0.05) is 0 Å². The van der Waals surface area contributed by atoms with Crippen molar-refractivity contribution >= 4 is 57.4 Å². The quantitative estimate of drug-likeness (QED) is 0.569. The van der Waals surface area contributed by atoms with Crippen molar-refractivity contribution in [3.63, 3.8) is 0 Å². The van der Waals surface area contributed by atoms with Gasteiger partial charge in [-0.05, 0) is 12.1 Å². The highest BCUT2D eigenvalue weighted by molar-refractivity contribution is 8.01. The number of amides is 1. The molecule has 0 radical (unpaired) electrons. The maximum Gasteiger partial charge on any atom is 0.325 e. The van der Waals surface area contributed by atoms with Gasteiger partial charge in [0.1, 0.15) is 6.54 Å². The zero-order valence-corrected chi connectivity index (χ0v) is 14.4. The Morgan fingerprint density at radius 3 is 2.87 bits per heavy atom. The fourth-order valence-corrected chi connectivity index (χ4v) is 3.19. The Balaban J connectivity index is 1.82. The predicted octanol–water partition coefficient (Wildman–Crippen LogP) is 2.32. The minimum atomic E-state index is -0.495. The molecule has 1 aromatic heterocycles. The Hall–Kier alpha value is -1.84. The lowest BCUT2D eigenvalue weighted by Crippen LogP contribution is -2.31. The van der Waals surface area contributed by atoms with Crippen LogP contribution in [0.4, 0.5) is 10.8 Å². The third-order valence-corrected chi connectivity index (χ3v) is 4.81. The molecule has 2 N–H and O–H groups in total. The molecule has 1 aromatic carbocycles. The number of anilines is 2. The van der Waals surface area contributed by atoms with Gasteiger partial charge in [-0.2, -0.15) is 0 Å². The second-order valence-corrected chi connectivity index (χ2v) is 6.73. The lowest BCUT2D eigenvalue weighted by Gasteiger charge is -2.03. The summed E-state index contributed by atoms with van der Waals surface area (Å²) in [6.45, 7) is -0.147. The molecule has 2 rings (SSSR count). The molecular formula is C13H13ClN4O3S2. The van der Waals surface area contributed by atoms with Crippen LogP contribution < -0.4 is 10.6 Å². The van der Waals surface area contributed by atoms with Crippen LogP contribution in [0.2, 0.25) is 5.02 Å². The first kappa shape index (κ1) is 17.5. The van der Waals surface area contributed by atoms with Gasteiger partial charge in [0.2, 0.25) is 11.0 Å². The van der Waals surface area contributed by atoms with Crippen LogP contribution in [0.1, 0.15) is 0 Å². The number of carbonyl (C=O) groups is 2. The standard InChI is InChI=1S/C13H13ClN4O3S2/c1-21-11(20)6-15-10(19)7-22-13-18-17-12(23-13)16-9-5-3-2-4-8(9)14/h2-5H,6-7H2,1H3,(H,15,19)(H,16,17). The summed E-state index contributed by atoms with van der Waals surface area (Å²) in [7, 11) is 1.26. The number of esters is 1. The molecule has 0 fully saturated rings. The summed E-state index contributed by atoms with van der Waals surface area (Å²) in [5.74, 6) is -0.640. The third-order valence-electron chi connectivity index (χ3n) is 2.51. The molecule has 7 nitrogen and oxygen atoms in total. The van der Waals surface area contributed by atoms with E-state index in [9.17, 15) is 9.59 Å². The summed E-state index contributed by atoms with van der Waals surface area (Å²) in [6.07, 6.45) is 0. The van der Waals surface area contributed by atoms with Gasteiger partial charge in [0.15, 0.2) is 4.34 Å². The molecule has 0 atom stereocenters. The third kappa shape index (κ3) is 5.70. The first-order chi connectivity index (χ1) is 11.1. The van der Waals surface area contributed by atoms with E-state index < -0.39 is 5.97 Å². The van der Waals surface area contributed by atoms with Gasteiger partial charge in [-0.25, -0.2) is 0 Å². The molecule has 0 bridgehead atoms. The highest BCUT2D eigenvalue weighted by Crippen LogP contribution is 2.30. The molecular weight excluding hydrogens is 360 g/mol. The van der Waals surface area contributed by atoms with Crippen LogP contribution in [0.5, 0.6) is 0 Å². The summed E-state index contributed by atoms with van der Waals surface area (Å²) in [5.41, 5.74) is 0.734. The van der Waals surface area contributed by atoms with Crippen molar-refractivity contribution in [2.24, 2.45) is 0 Å². The van der Waals surface area contributed by atoms with Gasteiger partial charge >= 0.3 is 5.97 Å². The fraction of sp³-hybridized carbons (Fsp3) is 0.231. The number of para-hydroxylation sites is 1. The van der Waals surface area contributed by atoms with E-state index >= 15 is 0 Å². The largest absolute Gasteiger partial charge is 0.468 e. The Morgan fingerprint density at radius 2 is 2.13 bits per heavy atom. The molecule has 0 aliphatic rings. The van der Waals surface area contributed by atoms with Crippen LogP contribution in [0, 0.1) is 0 Å². The minimum absolute atomic E-state index is 0.137. The van der Waals surface area contributed by atoms with Gasteiger partial charge in [0.05, 0.1) is 23.6 Å². The van der Waals surface area contributed by atoms with Crippen molar-refractivity contribution in [3.05, 3.63) is 29.3 Å². The number of thioether (sulfide) groups is 1. The lowest BCUT2D eigenvalue weighted by molar-refractivity contribution is -0.140. The van der Waals surface area contributed by atoms with E-state index in [4.69, 9.17) is 11.6 Å². The molecule has 2 aromatic rings. The average Bonchev–Trinajstić information content (AvgIpc) is 3.00. The minimum Gasteiger partial charge on any atom is -0.468 e. The summed E-state index contributed by atoms with van der Waals surface area (Å²) in [4.78, 5) is 22.5. The summed E-state index contributed by atoms with van der Waals surface area (Å²) < 4.78 is 5.07. The molecule has 0 spiro atoms. The van der Waals surface area contributed by atoms with Crippen molar-refractivity contribution in [2.45, 2.75) is 4.34 Å². The number of rotatable bonds is 7. The van der Waals surface area contributed by atoms with E-state index in [0.717, 1.165) is 5.69 Å². The van der Waals surface area contributed by atoms with Crippen LogP contribution in [0.25, 0.3) is 0 Å². The Kier molecular flexibility index (Phi) is 6.63. The second kappa shape index (κ2) is 8.70. The van der Waals surface area contributed by atoms with Crippen molar-refractivity contribution < 1.29 is 14.3 Å².